The normalized spacial score (nSPS) is 15.3. The maximum Gasteiger partial charge on any atom is 0.262 e. The van der Waals surface area contributed by atoms with Crippen molar-refractivity contribution in [3.63, 3.8) is 0 Å². The van der Waals surface area contributed by atoms with E-state index in [1.807, 2.05) is 36.4 Å². The van der Waals surface area contributed by atoms with E-state index in [0.29, 0.717) is 15.7 Å². The van der Waals surface area contributed by atoms with E-state index in [4.69, 9.17) is 12.2 Å². The predicted molar refractivity (Wildman–Crippen MR) is 108 cm³/mol. The molecule has 1 aromatic heterocycles. The first-order chi connectivity index (χ1) is 13.1. The molecule has 0 bridgehead atoms. The molecule has 27 heavy (non-hydrogen) atoms. The quantitative estimate of drug-likeness (QED) is 0.665. The van der Waals surface area contributed by atoms with Crippen LogP contribution in [0.25, 0.3) is 10.9 Å². The van der Waals surface area contributed by atoms with Crippen molar-refractivity contribution in [1.82, 2.24) is 14.9 Å². The van der Waals surface area contributed by atoms with E-state index in [2.05, 4.69) is 22.4 Å². The van der Waals surface area contributed by atoms with Gasteiger partial charge in [-0.1, -0.05) is 42.5 Å². The van der Waals surface area contributed by atoms with Crippen molar-refractivity contribution in [2.45, 2.75) is 37.8 Å². The van der Waals surface area contributed by atoms with Crippen molar-refractivity contribution in [1.29, 1.82) is 0 Å². The van der Waals surface area contributed by atoms with E-state index in [1.165, 1.54) is 4.57 Å². The van der Waals surface area contributed by atoms with Crippen LogP contribution in [0.5, 0.6) is 0 Å². The number of H-pyrrole nitrogens is 1. The second-order valence-electron chi connectivity index (χ2n) is 7.03. The summed E-state index contributed by atoms with van der Waals surface area (Å²) in [5, 5.41) is 3.77. The smallest absolute Gasteiger partial charge is 0.262 e. The van der Waals surface area contributed by atoms with Crippen molar-refractivity contribution in [3.05, 3.63) is 75.3 Å². The van der Waals surface area contributed by atoms with Gasteiger partial charge in [-0.3, -0.25) is 14.2 Å². The van der Waals surface area contributed by atoms with Crippen LogP contribution in [0.1, 0.15) is 31.2 Å². The van der Waals surface area contributed by atoms with Gasteiger partial charge in [-0.15, -0.1) is 0 Å². The van der Waals surface area contributed by atoms with Gasteiger partial charge in [0.05, 0.1) is 16.4 Å². The number of carbonyl (C=O) groups is 1. The Morgan fingerprint density at radius 2 is 1.81 bits per heavy atom. The van der Waals surface area contributed by atoms with Crippen LogP contribution in [0.15, 0.2) is 59.4 Å². The first-order valence-corrected chi connectivity index (χ1v) is 9.58. The van der Waals surface area contributed by atoms with Crippen molar-refractivity contribution in [2.75, 3.05) is 0 Å². The topological polar surface area (TPSA) is 66.9 Å². The molecule has 0 aliphatic heterocycles. The van der Waals surface area contributed by atoms with Crippen molar-refractivity contribution < 1.29 is 4.79 Å². The zero-order valence-electron chi connectivity index (χ0n) is 14.9. The summed E-state index contributed by atoms with van der Waals surface area (Å²) in [6.07, 6.45) is 3.20. The molecule has 4 rings (SSSR count). The highest BCUT2D eigenvalue weighted by molar-refractivity contribution is 7.71. The number of hydrogen-bond acceptors (Lipinski definition) is 3. The average Bonchev–Trinajstić information content (AvgIpc) is 2.65. The van der Waals surface area contributed by atoms with Gasteiger partial charge in [-0.25, -0.2) is 0 Å². The Kier molecular flexibility index (Phi) is 4.66. The molecule has 5 nitrogen and oxygen atoms in total. The molecule has 1 aliphatic carbocycles. The van der Waals surface area contributed by atoms with E-state index in [-0.39, 0.29) is 30.0 Å². The molecule has 138 valence electrons. The molecule has 1 aliphatic rings. The second-order valence-corrected chi connectivity index (χ2v) is 7.42. The predicted octanol–water partition coefficient (Wildman–Crippen LogP) is 3.64. The number of rotatable bonds is 5. The van der Waals surface area contributed by atoms with Gasteiger partial charge >= 0.3 is 0 Å². The number of amides is 1. The third-order valence-electron chi connectivity index (χ3n) is 5.36. The molecular formula is C21H21N3O2S. The number of nitrogens with one attached hydrogen (secondary N) is 2. The van der Waals surface area contributed by atoms with E-state index in [1.54, 1.807) is 6.07 Å². The molecule has 0 atom stereocenters. The Morgan fingerprint density at radius 1 is 1.11 bits per heavy atom. The molecule has 1 heterocycles. The lowest BCUT2D eigenvalue weighted by Gasteiger charge is -2.43. The Balaban J connectivity index is 1.51. The summed E-state index contributed by atoms with van der Waals surface area (Å²) in [6.45, 7) is 0.260. The Labute approximate surface area is 162 Å². The van der Waals surface area contributed by atoms with Crippen LogP contribution in [-0.2, 0) is 16.9 Å². The molecule has 1 amide bonds. The highest BCUT2D eigenvalue weighted by Gasteiger charge is 2.39. The first-order valence-electron chi connectivity index (χ1n) is 9.17. The molecular weight excluding hydrogens is 358 g/mol. The third-order valence-corrected chi connectivity index (χ3v) is 5.69. The summed E-state index contributed by atoms with van der Waals surface area (Å²) in [6, 6.07) is 17.3. The maximum atomic E-state index is 12.7. The number of fused-ring (bicyclic) bond motifs is 1. The SMILES string of the molecule is O=C(CCn1c(=S)[nH]c2ccccc2c1=O)NC1(c2ccccc2)CCC1. The van der Waals surface area contributed by atoms with Crippen LogP contribution in [0.3, 0.4) is 0 Å². The fraction of sp³-hybridized carbons (Fsp3) is 0.286. The first kappa shape index (κ1) is 17.7. The minimum atomic E-state index is -0.268. The molecule has 0 unspecified atom stereocenters. The molecule has 0 spiro atoms. The molecule has 0 radical (unpaired) electrons. The minimum Gasteiger partial charge on any atom is -0.347 e. The number of aromatic amines is 1. The van der Waals surface area contributed by atoms with Crippen LogP contribution in [0.4, 0.5) is 0 Å². The van der Waals surface area contributed by atoms with Crippen LogP contribution < -0.4 is 10.9 Å². The lowest BCUT2D eigenvalue weighted by atomic mass is 9.71. The van der Waals surface area contributed by atoms with Crippen LogP contribution >= 0.6 is 12.2 Å². The minimum absolute atomic E-state index is 0.0620. The van der Waals surface area contributed by atoms with Crippen LogP contribution in [-0.4, -0.2) is 15.5 Å². The van der Waals surface area contributed by atoms with Gasteiger partial charge in [0.1, 0.15) is 0 Å². The van der Waals surface area contributed by atoms with Gasteiger partial charge in [0.25, 0.3) is 5.56 Å². The molecule has 2 aromatic carbocycles. The number of benzene rings is 2. The number of nitrogens with zero attached hydrogens (tertiary/aromatic N) is 1. The van der Waals surface area contributed by atoms with Crippen LogP contribution in [0, 0.1) is 4.77 Å². The summed E-state index contributed by atoms with van der Waals surface area (Å²) in [4.78, 5) is 28.4. The summed E-state index contributed by atoms with van der Waals surface area (Å²) >= 11 is 5.31. The molecule has 1 fully saturated rings. The van der Waals surface area contributed by atoms with Gasteiger partial charge in [0, 0.05) is 13.0 Å². The largest absolute Gasteiger partial charge is 0.347 e. The second kappa shape index (κ2) is 7.12. The van der Waals surface area contributed by atoms with Crippen molar-refractivity contribution in [3.8, 4) is 0 Å². The Bertz CT molecular complexity index is 1100. The highest BCUT2D eigenvalue weighted by atomic mass is 32.1. The zero-order valence-corrected chi connectivity index (χ0v) is 15.7. The fourth-order valence-corrected chi connectivity index (χ4v) is 4.00. The summed E-state index contributed by atoms with van der Waals surface area (Å²) in [7, 11) is 0. The Hall–Kier alpha value is -2.73. The number of para-hydroxylation sites is 1. The summed E-state index contributed by atoms with van der Waals surface area (Å²) in [5.74, 6) is -0.0620. The molecule has 2 N–H and O–H groups in total. The number of hydrogen-bond donors (Lipinski definition) is 2. The summed E-state index contributed by atoms with van der Waals surface area (Å²) in [5.41, 5.74) is 1.43. The Morgan fingerprint density at radius 3 is 2.52 bits per heavy atom. The standard InChI is InChI=1S/C21H21N3O2S/c25-18(23-21(12-6-13-21)15-7-2-1-3-8-15)11-14-24-19(26)16-9-4-5-10-17(16)22-20(24)27/h1-5,7-10H,6,11-14H2,(H,22,27)(H,23,25). The van der Waals surface area contributed by atoms with E-state index in [9.17, 15) is 9.59 Å². The van der Waals surface area contributed by atoms with E-state index in [0.717, 1.165) is 24.8 Å². The van der Waals surface area contributed by atoms with E-state index >= 15 is 0 Å². The molecule has 3 aromatic rings. The van der Waals surface area contributed by atoms with Crippen LogP contribution in [0.2, 0.25) is 0 Å². The van der Waals surface area contributed by atoms with Gasteiger partial charge in [0.2, 0.25) is 5.91 Å². The lowest BCUT2D eigenvalue weighted by molar-refractivity contribution is -0.124. The number of carbonyl (C=O) groups excluding carboxylic acids is 1. The van der Waals surface area contributed by atoms with Gasteiger partial charge in [-0.2, -0.15) is 0 Å². The molecule has 1 saturated carbocycles. The number of aromatic nitrogens is 2. The monoisotopic (exact) mass is 379 g/mol. The van der Waals surface area contributed by atoms with E-state index < -0.39 is 0 Å². The lowest BCUT2D eigenvalue weighted by Crippen LogP contribution is -2.51. The van der Waals surface area contributed by atoms with Crippen molar-refractivity contribution in [2.24, 2.45) is 0 Å². The molecule has 0 saturated heterocycles. The fourth-order valence-electron chi connectivity index (χ4n) is 3.72. The average molecular weight is 379 g/mol. The van der Waals surface area contributed by atoms with Crippen molar-refractivity contribution >= 4 is 29.0 Å². The summed E-state index contributed by atoms with van der Waals surface area (Å²) < 4.78 is 1.81. The highest BCUT2D eigenvalue weighted by Crippen LogP contribution is 2.41. The maximum absolute atomic E-state index is 12.7. The zero-order chi connectivity index (χ0) is 18.9. The molecule has 6 heteroatoms. The van der Waals surface area contributed by atoms with Gasteiger partial charge in [-0.05, 0) is 49.2 Å². The third kappa shape index (κ3) is 3.32. The van der Waals surface area contributed by atoms with Gasteiger partial charge in [0.15, 0.2) is 4.77 Å². The van der Waals surface area contributed by atoms with Gasteiger partial charge < -0.3 is 10.3 Å².